The first-order valence-electron chi connectivity index (χ1n) is 17.5. The quantitative estimate of drug-likeness (QED) is 0.111. The first-order valence-corrected chi connectivity index (χ1v) is 22.1. The summed E-state index contributed by atoms with van der Waals surface area (Å²) in [5.74, 6) is 0.406. The minimum absolute atomic E-state index is 0.0536. The van der Waals surface area contributed by atoms with Gasteiger partial charge in [0.05, 0.1) is 31.2 Å². The van der Waals surface area contributed by atoms with Crippen molar-refractivity contribution in [3.8, 4) is 11.3 Å². The van der Waals surface area contributed by atoms with E-state index in [-0.39, 0.29) is 29.7 Å². The lowest BCUT2D eigenvalue weighted by Crippen LogP contribution is -2.31. The van der Waals surface area contributed by atoms with Crippen molar-refractivity contribution >= 4 is 42.1 Å². The molecule has 0 N–H and O–H groups in total. The molecule has 0 amide bonds. The van der Waals surface area contributed by atoms with Crippen molar-refractivity contribution in [2.75, 3.05) is 36.0 Å². The van der Waals surface area contributed by atoms with Gasteiger partial charge in [0.1, 0.15) is 34.7 Å². The Bertz CT molecular complexity index is 2280. The van der Waals surface area contributed by atoms with Crippen LogP contribution in [0.5, 0.6) is 0 Å². The van der Waals surface area contributed by atoms with E-state index in [1.54, 1.807) is 6.07 Å². The van der Waals surface area contributed by atoms with Gasteiger partial charge in [0, 0.05) is 58.3 Å². The summed E-state index contributed by atoms with van der Waals surface area (Å²) in [5, 5.41) is 0.838. The molecule has 0 saturated heterocycles. The van der Waals surface area contributed by atoms with Crippen LogP contribution in [-0.4, -0.2) is 70.1 Å². The molecule has 1 aliphatic carbocycles. The van der Waals surface area contributed by atoms with Crippen LogP contribution >= 0.6 is 0 Å². The number of nitrogens with zero attached hydrogens (tertiary/aromatic N) is 2. The number of rotatable bonds is 15. The Kier molecular flexibility index (Phi) is 13.1. The van der Waals surface area contributed by atoms with Crippen LogP contribution in [0.4, 0.5) is 5.69 Å². The van der Waals surface area contributed by atoms with Crippen molar-refractivity contribution in [2.24, 2.45) is 0 Å². The van der Waals surface area contributed by atoms with Crippen molar-refractivity contribution in [3.05, 3.63) is 94.7 Å². The summed E-state index contributed by atoms with van der Waals surface area (Å²) >= 11 is 0. The molecule has 1 aromatic carbocycles. The fourth-order valence-corrected chi connectivity index (χ4v) is 8.23. The summed E-state index contributed by atoms with van der Waals surface area (Å²) in [6, 6.07) is 12.0. The van der Waals surface area contributed by atoms with Crippen LogP contribution in [0.1, 0.15) is 84.1 Å². The molecule has 2 heterocycles. The molecule has 3 aliphatic rings. The van der Waals surface area contributed by atoms with E-state index >= 15 is 0 Å². The van der Waals surface area contributed by atoms with Gasteiger partial charge >= 0.3 is 0 Å². The zero-order valence-electron chi connectivity index (χ0n) is 31.0. The number of fused-ring (bicyclic) bond motifs is 2. The van der Waals surface area contributed by atoms with Gasteiger partial charge in [0.25, 0.3) is 0 Å². The molecular formula is C38H48N2O10S3-2. The molecule has 1 unspecified atom stereocenters. The highest BCUT2D eigenvalue weighted by Crippen LogP contribution is 2.51. The Balaban J connectivity index is 1.75. The molecule has 0 aromatic heterocycles. The third kappa shape index (κ3) is 10.8. The normalized spacial score (nSPS) is 18.5. The predicted molar refractivity (Wildman–Crippen MR) is 203 cm³/mol. The highest BCUT2D eigenvalue weighted by Gasteiger charge is 2.43. The fourth-order valence-electron chi connectivity index (χ4n) is 6.77. The van der Waals surface area contributed by atoms with Gasteiger partial charge in [-0.15, -0.1) is 0 Å². The van der Waals surface area contributed by atoms with Gasteiger partial charge in [0.15, 0.2) is 0 Å². The van der Waals surface area contributed by atoms with Crippen LogP contribution in [0, 0.1) is 0 Å². The maximum Gasteiger partial charge on any atom is 0.203 e. The third-order valence-corrected chi connectivity index (χ3v) is 11.8. The third-order valence-electron chi connectivity index (χ3n) is 9.37. The average molecular weight is 789 g/mol. The zero-order chi connectivity index (χ0) is 39.4. The molecule has 0 fully saturated rings. The first kappa shape index (κ1) is 42.1. The van der Waals surface area contributed by atoms with Crippen LogP contribution in [0.25, 0.3) is 17.4 Å². The van der Waals surface area contributed by atoms with E-state index in [0.717, 1.165) is 34.4 Å². The maximum absolute atomic E-state index is 12.0. The van der Waals surface area contributed by atoms with E-state index in [4.69, 9.17) is 4.42 Å². The van der Waals surface area contributed by atoms with Gasteiger partial charge in [-0.1, -0.05) is 58.4 Å². The summed E-state index contributed by atoms with van der Waals surface area (Å²) in [4.78, 5) is 1.55. The lowest BCUT2D eigenvalue weighted by Gasteiger charge is -2.30. The van der Waals surface area contributed by atoms with Crippen LogP contribution in [-0.2, 0) is 41.2 Å². The lowest BCUT2D eigenvalue weighted by molar-refractivity contribution is 0.404. The summed E-state index contributed by atoms with van der Waals surface area (Å²) in [7, 11) is -13.5. The molecule has 2 aliphatic heterocycles. The zero-order valence-corrected chi connectivity index (χ0v) is 33.4. The van der Waals surface area contributed by atoms with Crippen molar-refractivity contribution in [3.63, 3.8) is 0 Å². The number of allylic oxidation sites excluding steroid dienone is 5. The largest absolute Gasteiger partial charge is 0.748 e. The first-order chi connectivity index (χ1) is 24.6. The standard InChI is InChI=1S/C38H50N2O10S3/c1-7-20-38(6)32-27-30(53(47,48)49)17-19-33(32)40(22-13-24-52(44,45)46)35(38)15-11-9-10-14-28-25-36(37(3,4)5)50-34-26-29(16-18-31(28)34)39(8-2)21-12-23-51(41,42)43/h9-11,14-19,25-27H,7-8,12-13,20-24H2,1-6H3,(H2-,41,42,43,44,45,46,47,48,49)/p-2. The van der Waals surface area contributed by atoms with Gasteiger partial charge < -0.3 is 23.0 Å². The molecular weight excluding hydrogens is 741 g/mol. The second-order valence-electron chi connectivity index (χ2n) is 14.5. The average Bonchev–Trinajstić information content (AvgIpc) is 3.26. The van der Waals surface area contributed by atoms with Gasteiger partial charge in [-0.05, 0) is 74.2 Å². The molecule has 1 aromatic rings. The Hall–Kier alpha value is -3.60. The fraction of sp³-hybridized carbons (Fsp3) is 0.447. The lowest BCUT2D eigenvalue weighted by atomic mass is 9.77. The minimum atomic E-state index is -4.73. The molecule has 53 heavy (non-hydrogen) atoms. The van der Waals surface area contributed by atoms with E-state index in [1.807, 2.05) is 106 Å². The van der Waals surface area contributed by atoms with Crippen LogP contribution in [0.15, 0.2) is 81.8 Å². The topological polar surface area (TPSA) is 191 Å². The van der Waals surface area contributed by atoms with Crippen molar-refractivity contribution < 1.29 is 43.3 Å². The van der Waals surface area contributed by atoms with Gasteiger partial charge in [-0.2, -0.15) is 0 Å². The number of hydrogen-bond acceptors (Lipinski definition) is 11. The van der Waals surface area contributed by atoms with Crippen LogP contribution < -0.4 is 14.8 Å². The highest BCUT2D eigenvalue weighted by molar-refractivity contribution is 7.86. The predicted octanol–water partition coefficient (Wildman–Crippen LogP) is 5.28. The van der Waals surface area contributed by atoms with E-state index in [2.05, 4.69) is 0 Å². The maximum atomic E-state index is 12.0. The van der Waals surface area contributed by atoms with E-state index in [1.165, 1.54) is 12.1 Å². The molecule has 0 bridgehead atoms. The second kappa shape index (κ2) is 16.4. The molecule has 0 radical (unpaired) electrons. The van der Waals surface area contributed by atoms with E-state index < -0.39 is 47.3 Å². The van der Waals surface area contributed by atoms with Gasteiger partial charge in [0.2, 0.25) is 5.36 Å². The minimum Gasteiger partial charge on any atom is -0.748 e. The number of benzene rings is 2. The monoisotopic (exact) mass is 788 g/mol. The smallest absolute Gasteiger partial charge is 0.203 e. The molecule has 15 heteroatoms. The Labute approximate surface area is 313 Å². The van der Waals surface area contributed by atoms with Gasteiger partial charge in [-0.25, -0.2) is 29.8 Å². The Morgan fingerprint density at radius 2 is 1.55 bits per heavy atom. The Morgan fingerprint density at radius 3 is 2.15 bits per heavy atom. The molecule has 0 spiro atoms. The molecule has 4 rings (SSSR count). The summed E-state index contributed by atoms with van der Waals surface area (Å²) in [5.41, 5.74) is 2.80. The molecule has 1 atom stereocenters. The van der Waals surface area contributed by atoms with Crippen molar-refractivity contribution in [2.45, 2.75) is 83.0 Å². The number of hydrogen-bond donors (Lipinski definition) is 0. The van der Waals surface area contributed by atoms with Crippen LogP contribution in [0.2, 0.25) is 0 Å². The summed E-state index contributed by atoms with van der Waals surface area (Å²) < 4.78 is 112. The number of anilines is 1. The molecule has 0 saturated carbocycles. The van der Waals surface area contributed by atoms with Crippen LogP contribution in [0.3, 0.4) is 0 Å². The highest BCUT2D eigenvalue weighted by atomic mass is 32.2. The molecule has 290 valence electrons. The van der Waals surface area contributed by atoms with E-state index in [9.17, 15) is 38.9 Å². The SMILES string of the molecule is CCCC1(C)\C(=C/C=C/C=C/c2cc(C(C)(C)C)oc3cc(=[N+](CC)CCCS(=O)(=O)[O-])ccc2-3)N(CCCS(=O)(=O)[O-])c2ccc(S(=O)(=O)[O-])cc21. The van der Waals surface area contributed by atoms with E-state index in [0.29, 0.717) is 36.5 Å². The second-order valence-corrected chi connectivity index (χ2v) is 18.9. The molecule has 12 nitrogen and oxygen atoms in total. The summed E-state index contributed by atoms with van der Waals surface area (Å²) in [6.45, 7) is 13.2. The Morgan fingerprint density at radius 1 is 0.868 bits per heavy atom. The van der Waals surface area contributed by atoms with Gasteiger partial charge in [-0.3, -0.25) is 0 Å². The van der Waals surface area contributed by atoms with Crippen molar-refractivity contribution in [1.82, 2.24) is 4.58 Å². The summed E-state index contributed by atoms with van der Waals surface area (Å²) in [6.07, 6.45) is 11.0. The van der Waals surface area contributed by atoms with Crippen molar-refractivity contribution in [1.29, 1.82) is 0 Å².